The average molecular weight is 320 g/mol. The van der Waals surface area contributed by atoms with Crippen molar-refractivity contribution < 1.29 is 0 Å². The van der Waals surface area contributed by atoms with Crippen molar-refractivity contribution in [1.29, 1.82) is 0 Å². The molecule has 19 heavy (non-hydrogen) atoms. The lowest BCUT2D eigenvalue weighted by molar-refractivity contribution is 0.637. The number of pyridine rings is 1. The van der Waals surface area contributed by atoms with Gasteiger partial charge in [0.05, 0.1) is 4.47 Å². The third-order valence-electron chi connectivity index (χ3n) is 3.20. The zero-order valence-corrected chi connectivity index (χ0v) is 12.0. The Bertz CT molecular complexity index is 540. The van der Waals surface area contributed by atoms with Gasteiger partial charge in [-0.3, -0.25) is 0 Å². The van der Waals surface area contributed by atoms with E-state index in [-0.39, 0.29) is 0 Å². The fraction of sp³-hybridized carbons (Fsp3) is 0.308. The normalized spacial score (nSPS) is 15.6. The molecule has 1 saturated heterocycles. The van der Waals surface area contributed by atoms with Crippen molar-refractivity contribution in [2.24, 2.45) is 0 Å². The number of anilines is 2. The predicted octanol–water partition coefficient (Wildman–Crippen LogP) is 1.96. The van der Waals surface area contributed by atoms with Crippen LogP contribution in [0.5, 0.6) is 0 Å². The summed E-state index contributed by atoms with van der Waals surface area (Å²) < 4.78 is 1.04. The Balaban J connectivity index is 1.69. The highest BCUT2D eigenvalue weighted by molar-refractivity contribution is 9.10. The molecule has 98 valence electrons. The SMILES string of the molecule is Brc1cccnc1N1CCN(c2cccnn2)CC1. The Labute approximate surface area is 120 Å². The maximum atomic E-state index is 4.43. The van der Waals surface area contributed by atoms with Gasteiger partial charge in [0.2, 0.25) is 0 Å². The molecule has 0 unspecified atom stereocenters. The quantitative estimate of drug-likeness (QED) is 0.846. The van der Waals surface area contributed by atoms with Crippen LogP contribution in [-0.4, -0.2) is 41.4 Å². The average Bonchev–Trinajstić information content (AvgIpc) is 2.49. The van der Waals surface area contributed by atoms with Gasteiger partial charge in [0, 0.05) is 38.6 Å². The van der Waals surface area contributed by atoms with Gasteiger partial charge in [-0.2, -0.15) is 5.10 Å². The summed E-state index contributed by atoms with van der Waals surface area (Å²) in [7, 11) is 0. The first-order valence-corrected chi connectivity index (χ1v) is 7.02. The summed E-state index contributed by atoms with van der Waals surface area (Å²) in [6, 6.07) is 7.88. The van der Waals surface area contributed by atoms with Crippen molar-refractivity contribution >= 4 is 27.6 Å². The number of piperazine rings is 1. The van der Waals surface area contributed by atoms with Crippen LogP contribution >= 0.6 is 15.9 Å². The molecule has 6 heteroatoms. The molecule has 1 aliphatic rings. The second-order valence-corrected chi connectivity index (χ2v) is 5.22. The monoisotopic (exact) mass is 319 g/mol. The van der Waals surface area contributed by atoms with E-state index in [1.54, 1.807) is 6.20 Å². The van der Waals surface area contributed by atoms with E-state index in [9.17, 15) is 0 Å². The van der Waals surface area contributed by atoms with E-state index in [0.29, 0.717) is 0 Å². The molecule has 1 aliphatic heterocycles. The Morgan fingerprint density at radius 3 is 2.37 bits per heavy atom. The lowest BCUT2D eigenvalue weighted by Crippen LogP contribution is -2.47. The minimum atomic E-state index is 0.932. The maximum absolute atomic E-state index is 4.43. The fourth-order valence-corrected chi connectivity index (χ4v) is 2.73. The highest BCUT2D eigenvalue weighted by atomic mass is 79.9. The lowest BCUT2D eigenvalue weighted by Gasteiger charge is -2.36. The van der Waals surface area contributed by atoms with Crippen LogP contribution in [0, 0.1) is 0 Å². The van der Waals surface area contributed by atoms with Crippen LogP contribution in [0.2, 0.25) is 0 Å². The van der Waals surface area contributed by atoms with Crippen LogP contribution in [0.4, 0.5) is 11.6 Å². The number of aromatic nitrogens is 3. The minimum Gasteiger partial charge on any atom is -0.352 e. The standard InChI is InChI=1S/C13H14BrN5/c14-11-3-1-5-15-13(11)19-9-7-18(8-10-19)12-4-2-6-16-17-12/h1-6H,7-10H2. The summed E-state index contributed by atoms with van der Waals surface area (Å²) in [6.07, 6.45) is 3.53. The molecule has 0 spiro atoms. The van der Waals surface area contributed by atoms with Crippen LogP contribution < -0.4 is 9.80 Å². The summed E-state index contributed by atoms with van der Waals surface area (Å²) in [4.78, 5) is 8.97. The first kappa shape index (κ1) is 12.3. The minimum absolute atomic E-state index is 0.932. The van der Waals surface area contributed by atoms with E-state index in [1.807, 2.05) is 30.5 Å². The van der Waals surface area contributed by atoms with E-state index in [2.05, 4.69) is 40.9 Å². The Morgan fingerprint density at radius 1 is 0.947 bits per heavy atom. The Morgan fingerprint density at radius 2 is 1.68 bits per heavy atom. The molecule has 1 fully saturated rings. The van der Waals surface area contributed by atoms with Crippen LogP contribution in [-0.2, 0) is 0 Å². The smallest absolute Gasteiger partial charge is 0.151 e. The maximum Gasteiger partial charge on any atom is 0.151 e. The van der Waals surface area contributed by atoms with Gasteiger partial charge >= 0.3 is 0 Å². The summed E-state index contributed by atoms with van der Waals surface area (Å²) in [6.45, 7) is 3.74. The molecule has 0 aromatic carbocycles. The zero-order valence-electron chi connectivity index (χ0n) is 10.4. The van der Waals surface area contributed by atoms with Crippen molar-refractivity contribution in [2.45, 2.75) is 0 Å². The summed E-state index contributed by atoms with van der Waals surface area (Å²) >= 11 is 3.55. The first-order chi connectivity index (χ1) is 9.34. The Hall–Kier alpha value is -1.69. The van der Waals surface area contributed by atoms with Crippen molar-refractivity contribution in [3.63, 3.8) is 0 Å². The molecule has 2 aromatic heterocycles. The molecule has 0 aliphatic carbocycles. The van der Waals surface area contributed by atoms with Gasteiger partial charge in [-0.1, -0.05) is 0 Å². The third kappa shape index (κ3) is 2.68. The largest absolute Gasteiger partial charge is 0.352 e. The van der Waals surface area contributed by atoms with Gasteiger partial charge in [0.1, 0.15) is 5.82 Å². The molecule has 0 saturated carbocycles. The van der Waals surface area contributed by atoms with Gasteiger partial charge in [-0.05, 0) is 40.2 Å². The van der Waals surface area contributed by atoms with Crippen LogP contribution in [0.3, 0.4) is 0 Å². The second kappa shape index (κ2) is 5.52. The fourth-order valence-electron chi connectivity index (χ4n) is 2.22. The summed E-state index contributed by atoms with van der Waals surface area (Å²) in [5.74, 6) is 1.96. The number of rotatable bonds is 2. The van der Waals surface area contributed by atoms with Gasteiger partial charge < -0.3 is 9.80 Å². The Kier molecular flexibility index (Phi) is 3.59. The molecule has 0 atom stereocenters. The van der Waals surface area contributed by atoms with Crippen molar-refractivity contribution in [2.75, 3.05) is 36.0 Å². The molecule has 0 radical (unpaired) electrons. The molecule has 0 amide bonds. The van der Waals surface area contributed by atoms with Crippen molar-refractivity contribution in [3.8, 4) is 0 Å². The van der Waals surface area contributed by atoms with Crippen LogP contribution in [0.1, 0.15) is 0 Å². The summed E-state index contributed by atoms with van der Waals surface area (Å²) in [5, 5.41) is 8.08. The van der Waals surface area contributed by atoms with E-state index in [1.165, 1.54) is 0 Å². The van der Waals surface area contributed by atoms with Crippen molar-refractivity contribution in [3.05, 3.63) is 41.1 Å². The van der Waals surface area contributed by atoms with Gasteiger partial charge in [-0.25, -0.2) is 4.98 Å². The molecule has 5 nitrogen and oxygen atoms in total. The predicted molar refractivity (Wildman–Crippen MR) is 78.4 cm³/mol. The number of nitrogens with zero attached hydrogens (tertiary/aromatic N) is 5. The van der Waals surface area contributed by atoms with Crippen LogP contribution in [0.15, 0.2) is 41.1 Å². The second-order valence-electron chi connectivity index (χ2n) is 4.36. The number of hydrogen-bond donors (Lipinski definition) is 0. The van der Waals surface area contributed by atoms with E-state index in [4.69, 9.17) is 0 Å². The third-order valence-corrected chi connectivity index (χ3v) is 3.82. The molecule has 0 N–H and O–H groups in total. The number of halogens is 1. The molecule has 3 rings (SSSR count). The van der Waals surface area contributed by atoms with Crippen molar-refractivity contribution in [1.82, 2.24) is 15.2 Å². The van der Waals surface area contributed by atoms with Gasteiger partial charge in [0.25, 0.3) is 0 Å². The van der Waals surface area contributed by atoms with E-state index in [0.717, 1.165) is 42.3 Å². The first-order valence-electron chi connectivity index (χ1n) is 6.23. The zero-order chi connectivity index (χ0) is 13.1. The number of hydrogen-bond acceptors (Lipinski definition) is 5. The molecular formula is C13H14BrN5. The molecular weight excluding hydrogens is 306 g/mol. The highest BCUT2D eigenvalue weighted by Crippen LogP contribution is 2.24. The summed E-state index contributed by atoms with van der Waals surface area (Å²) in [5.41, 5.74) is 0. The van der Waals surface area contributed by atoms with E-state index < -0.39 is 0 Å². The lowest BCUT2D eigenvalue weighted by atomic mass is 10.3. The van der Waals surface area contributed by atoms with Gasteiger partial charge in [-0.15, -0.1) is 5.10 Å². The molecule has 3 heterocycles. The highest BCUT2D eigenvalue weighted by Gasteiger charge is 2.20. The molecule has 0 bridgehead atoms. The van der Waals surface area contributed by atoms with E-state index >= 15 is 0 Å². The van der Waals surface area contributed by atoms with Gasteiger partial charge in [0.15, 0.2) is 5.82 Å². The molecule has 2 aromatic rings. The topological polar surface area (TPSA) is 45.2 Å². The van der Waals surface area contributed by atoms with Crippen LogP contribution in [0.25, 0.3) is 0 Å².